The molecule has 0 fully saturated rings. The lowest BCUT2D eigenvalue weighted by Crippen LogP contribution is -2.11. The summed E-state index contributed by atoms with van der Waals surface area (Å²) in [6.07, 6.45) is 0. The molecule has 3 N–H and O–H groups in total. The van der Waals surface area contributed by atoms with E-state index in [2.05, 4.69) is 5.10 Å². The van der Waals surface area contributed by atoms with Crippen LogP contribution >= 0.6 is 11.6 Å². The van der Waals surface area contributed by atoms with Crippen LogP contribution in [-0.2, 0) is 23.2 Å². The van der Waals surface area contributed by atoms with E-state index < -0.39 is 10.0 Å². The molecule has 0 spiro atoms. The maximum atomic E-state index is 11.5. The number of nitrogens with two attached hydrogens (primary N) is 1. The Balaban J connectivity index is 2.22. The van der Waals surface area contributed by atoms with Crippen molar-refractivity contribution in [3.8, 4) is 28.5 Å². The second-order valence-corrected chi connectivity index (χ2v) is 7.72. The fourth-order valence-electron chi connectivity index (χ4n) is 2.78. The van der Waals surface area contributed by atoms with E-state index in [-0.39, 0.29) is 18.0 Å². The minimum Gasteiger partial charge on any atom is -0.390 e. The van der Waals surface area contributed by atoms with Crippen LogP contribution in [0.3, 0.4) is 0 Å². The van der Waals surface area contributed by atoms with Crippen molar-refractivity contribution in [3.63, 3.8) is 0 Å². The van der Waals surface area contributed by atoms with E-state index in [0.29, 0.717) is 27.5 Å². The van der Waals surface area contributed by atoms with E-state index >= 15 is 0 Å². The molecule has 0 saturated heterocycles. The first-order valence-corrected chi connectivity index (χ1v) is 9.74. The predicted molar refractivity (Wildman–Crippen MR) is 101 cm³/mol. The fourth-order valence-corrected chi connectivity index (χ4v) is 3.42. The second-order valence-electron chi connectivity index (χ2n) is 5.72. The summed E-state index contributed by atoms with van der Waals surface area (Å²) in [4.78, 5) is -0.0156. The van der Waals surface area contributed by atoms with Crippen LogP contribution in [0, 0.1) is 11.3 Å². The third kappa shape index (κ3) is 3.86. The molecule has 0 atom stereocenters. The number of primary sulfonamides is 1. The Labute approximate surface area is 161 Å². The summed E-state index contributed by atoms with van der Waals surface area (Å²) in [6.45, 7) is -0.354. The van der Waals surface area contributed by atoms with Gasteiger partial charge in [-0.2, -0.15) is 10.4 Å². The molecule has 9 heteroatoms. The number of benzene rings is 2. The zero-order chi connectivity index (χ0) is 19.6. The molecule has 1 aromatic heterocycles. The van der Waals surface area contributed by atoms with Gasteiger partial charge >= 0.3 is 0 Å². The number of aliphatic hydroxyl groups is 1. The van der Waals surface area contributed by atoms with Gasteiger partial charge in [-0.3, -0.25) is 4.68 Å². The van der Waals surface area contributed by atoms with Crippen LogP contribution in [0.4, 0.5) is 0 Å². The molecule has 0 bridgehead atoms. The van der Waals surface area contributed by atoms with Crippen molar-refractivity contribution in [2.75, 3.05) is 0 Å². The van der Waals surface area contributed by atoms with Gasteiger partial charge < -0.3 is 5.11 Å². The fraction of sp³-hybridized carbons (Fsp3) is 0.111. The van der Waals surface area contributed by atoms with Gasteiger partial charge in [-0.1, -0.05) is 35.9 Å². The molecule has 0 aliphatic rings. The zero-order valence-corrected chi connectivity index (χ0v) is 15.6. The number of hydrogen-bond acceptors (Lipinski definition) is 5. The third-order valence-corrected chi connectivity index (χ3v) is 5.20. The SMILES string of the molecule is N#CCn1nc(-c2ccc(S(N)(=O)=O)cc2)c(-c2ccc(Cl)cc2)c1CO. The maximum Gasteiger partial charge on any atom is 0.238 e. The molecule has 0 radical (unpaired) electrons. The van der Waals surface area contributed by atoms with E-state index in [0.717, 1.165) is 5.56 Å². The molecule has 2 aromatic carbocycles. The largest absolute Gasteiger partial charge is 0.390 e. The van der Waals surface area contributed by atoms with Crippen molar-refractivity contribution in [2.45, 2.75) is 18.0 Å². The van der Waals surface area contributed by atoms with Crippen molar-refractivity contribution in [2.24, 2.45) is 5.14 Å². The molecule has 0 saturated carbocycles. The summed E-state index contributed by atoms with van der Waals surface area (Å²) in [5.41, 5.74) is 3.02. The highest BCUT2D eigenvalue weighted by Crippen LogP contribution is 2.35. The normalized spacial score (nSPS) is 11.3. The summed E-state index contributed by atoms with van der Waals surface area (Å²) in [7, 11) is -3.81. The van der Waals surface area contributed by atoms with Gasteiger partial charge in [-0.15, -0.1) is 0 Å². The van der Waals surface area contributed by atoms with Crippen LogP contribution in [0.1, 0.15) is 5.69 Å². The maximum absolute atomic E-state index is 11.5. The number of nitrogens with zero attached hydrogens (tertiary/aromatic N) is 3. The van der Waals surface area contributed by atoms with Gasteiger partial charge in [-0.25, -0.2) is 13.6 Å². The first kappa shape index (κ1) is 19.1. The van der Waals surface area contributed by atoms with Gasteiger partial charge in [0.15, 0.2) is 0 Å². The number of halogens is 1. The predicted octanol–water partition coefficient (Wildman–Crippen LogP) is 2.53. The van der Waals surface area contributed by atoms with E-state index in [4.69, 9.17) is 22.0 Å². The molecule has 0 unspecified atom stereocenters. The average Bonchev–Trinajstić information content (AvgIpc) is 3.00. The van der Waals surface area contributed by atoms with Gasteiger partial charge in [0.05, 0.1) is 23.3 Å². The molecule has 0 amide bonds. The average molecular weight is 403 g/mol. The van der Waals surface area contributed by atoms with E-state index in [1.165, 1.54) is 16.8 Å². The van der Waals surface area contributed by atoms with Crippen molar-refractivity contribution in [1.82, 2.24) is 9.78 Å². The Bertz CT molecular complexity index is 1120. The van der Waals surface area contributed by atoms with Crippen LogP contribution in [0.2, 0.25) is 5.02 Å². The summed E-state index contributed by atoms with van der Waals surface area (Å²) in [5.74, 6) is 0. The molecule has 0 aliphatic heterocycles. The quantitative estimate of drug-likeness (QED) is 0.678. The lowest BCUT2D eigenvalue weighted by molar-refractivity contribution is 0.270. The van der Waals surface area contributed by atoms with Crippen LogP contribution in [-0.4, -0.2) is 23.3 Å². The van der Waals surface area contributed by atoms with Gasteiger partial charge in [0.25, 0.3) is 0 Å². The van der Waals surface area contributed by atoms with Crippen LogP contribution in [0.25, 0.3) is 22.4 Å². The topological polar surface area (TPSA) is 122 Å². The van der Waals surface area contributed by atoms with Crippen molar-refractivity contribution >= 4 is 21.6 Å². The molecule has 0 aliphatic carbocycles. The smallest absolute Gasteiger partial charge is 0.238 e. The Kier molecular flexibility index (Phi) is 5.30. The number of sulfonamides is 1. The molecular formula is C18H15ClN4O3S. The Hall–Kier alpha value is -2.70. The summed E-state index contributed by atoms with van der Waals surface area (Å²) in [5, 5.41) is 29.1. The summed E-state index contributed by atoms with van der Waals surface area (Å²) >= 11 is 5.96. The Morgan fingerprint density at radius 3 is 2.22 bits per heavy atom. The van der Waals surface area contributed by atoms with Crippen molar-refractivity contribution in [3.05, 3.63) is 59.2 Å². The lowest BCUT2D eigenvalue weighted by Gasteiger charge is -2.07. The van der Waals surface area contributed by atoms with Gasteiger partial charge in [0.1, 0.15) is 12.2 Å². The van der Waals surface area contributed by atoms with Gasteiger partial charge in [0, 0.05) is 16.1 Å². The van der Waals surface area contributed by atoms with Gasteiger partial charge in [-0.05, 0) is 29.8 Å². The van der Waals surface area contributed by atoms with Gasteiger partial charge in [0.2, 0.25) is 10.0 Å². The molecule has 7 nitrogen and oxygen atoms in total. The van der Waals surface area contributed by atoms with Crippen molar-refractivity contribution < 1.29 is 13.5 Å². The molecule has 138 valence electrons. The Morgan fingerprint density at radius 2 is 1.70 bits per heavy atom. The second kappa shape index (κ2) is 7.50. The molecular weight excluding hydrogens is 388 g/mol. The highest BCUT2D eigenvalue weighted by molar-refractivity contribution is 7.89. The molecule has 3 rings (SSSR count). The van der Waals surface area contributed by atoms with Crippen LogP contribution in [0.5, 0.6) is 0 Å². The van der Waals surface area contributed by atoms with E-state index in [1.54, 1.807) is 36.4 Å². The lowest BCUT2D eigenvalue weighted by atomic mass is 9.99. The number of rotatable bonds is 5. The van der Waals surface area contributed by atoms with E-state index in [9.17, 15) is 13.5 Å². The minimum atomic E-state index is -3.81. The highest BCUT2D eigenvalue weighted by atomic mass is 35.5. The molecule has 27 heavy (non-hydrogen) atoms. The monoisotopic (exact) mass is 402 g/mol. The first-order valence-electron chi connectivity index (χ1n) is 7.82. The van der Waals surface area contributed by atoms with Crippen LogP contribution < -0.4 is 5.14 Å². The van der Waals surface area contributed by atoms with Crippen molar-refractivity contribution in [1.29, 1.82) is 5.26 Å². The Morgan fingerprint density at radius 1 is 1.11 bits per heavy atom. The van der Waals surface area contributed by atoms with E-state index in [1.807, 2.05) is 6.07 Å². The number of hydrogen-bond donors (Lipinski definition) is 2. The zero-order valence-electron chi connectivity index (χ0n) is 14.0. The third-order valence-electron chi connectivity index (χ3n) is 4.02. The molecule has 1 heterocycles. The summed E-state index contributed by atoms with van der Waals surface area (Å²) < 4.78 is 24.4. The highest BCUT2D eigenvalue weighted by Gasteiger charge is 2.20. The summed E-state index contributed by atoms with van der Waals surface area (Å²) in [6, 6.07) is 15.0. The number of aromatic nitrogens is 2. The first-order chi connectivity index (χ1) is 12.8. The molecule has 3 aromatic rings. The van der Waals surface area contributed by atoms with Crippen LogP contribution in [0.15, 0.2) is 53.4 Å². The standard InChI is InChI=1S/C18H15ClN4O3S/c19-14-5-1-12(2-6-14)17-16(11-24)23(10-9-20)22-18(17)13-3-7-15(8-4-13)27(21,25)26/h1-8,24H,10-11H2,(H2,21,25,26). The minimum absolute atomic E-state index is 0.0156. The number of nitriles is 1. The number of aliphatic hydroxyl groups excluding tert-OH is 1.